The molecule has 0 bridgehead atoms. The third-order valence-electron chi connectivity index (χ3n) is 16.4. The van der Waals surface area contributed by atoms with Crippen molar-refractivity contribution in [1.82, 2.24) is 0 Å². The summed E-state index contributed by atoms with van der Waals surface area (Å²) in [6.07, 6.45) is 40.4. The van der Waals surface area contributed by atoms with Crippen molar-refractivity contribution < 1.29 is 160 Å². The van der Waals surface area contributed by atoms with Crippen LogP contribution in [0.1, 0.15) is 227 Å². The maximum absolute atomic E-state index is 11.5. The molecule has 0 saturated heterocycles. The molecule has 600 valence electrons. The number of carbonyl (C=O) groups excluding carboxylic acids is 3. The van der Waals surface area contributed by atoms with Gasteiger partial charge < -0.3 is 40.1 Å². The Hall–Kier alpha value is 0.191. The zero-order valence-electron chi connectivity index (χ0n) is 61.7. The Kier molecular flexibility index (Phi) is 77.0. The van der Waals surface area contributed by atoms with Crippen molar-refractivity contribution in [3.8, 4) is 0 Å². The van der Waals surface area contributed by atoms with Crippen LogP contribution in [0.25, 0.3) is 0 Å². The smallest absolute Gasteiger partial charge is 0.870 e. The van der Waals surface area contributed by atoms with Crippen LogP contribution in [0.3, 0.4) is 0 Å². The van der Waals surface area contributed by atoms with Crippen LogP contribution >= 0.6 is 94.0 Å². The van der Waals surface area contributed by atoms with Crippen molar-refractivity contribution in [2.45, 2.75) is 253 Å². The number of methoxy groups -OCH3 is 3. The van der Waals surface area contributed by atoms with Crippen LogP contribution in [0, 0.1) is 35.5 Å². The van der Waals surface area contributed by atoms with Gasteiger partial charge in [0.25, 0.3) is 0 Å². The summed E-state index contributed by atoms with van der Waals surface area (Å²) >= 11 is 13.9. The zero-order valence-corrected chi connectivity index (χ0v) is 73.4. The van der Waals surface area contributed by atoms with Gasteiger partial charge in [0.2, 0.25) is 0 Å². The van der Waals surface area contributed by atoms with Gasteiger partial charge in [-0.15, -0.1) is 58.8 Å². The molecule has 6 saturated carbocycles. The van der Waals surface area contributed by atoms with Crippen LogP contribution in [-0.2, 0) is 82.7 Å². The average Bonchev–Trinajstić information content (AvgIpc) is 0.855. The first-order valence-corrected chi connectivity index (χ1v) is 44.8. The van der Waals surface area contributed by atoms with E-state index in [0.29, 0.717) is 18.3 Å². The topological polar surface area (TPSA) is 350 Å². The molecular formula is C65H120F6ILiO20S8Zn. The van der Waals surface area contributed by atoms with E-state index in [2.05, 4.69) is 40.0 Å². The van der Waals surface area contributed by atoms with Gasteiger partial charge in [0.05, 0.1) is 43.8 Å². The van der Waals surface area contributed by atoms with Crippen LogP contribution in [0.5, 0.6) is 0 Å². The molecule has 0 heterocycles. The van der Waals surface area contributed by atoms with Crippen molar-refractivity contribution >= 4 is 150 Å². The molecule has 0 aromatic rings. The van der Waals surface area contributed by atoms with E-state index in [1.807, 2.05) is 25.7 Å². The second kappa shape index (κ2) is 68.0. The largest absolute Gasteiger partial charge is 1.00 e. The van der Waals surface area contributed by atoms with Crippen molar-refractivity contribution in [3.63, 3.8) is 0 Å². The second-order valence-corrected chi connectivity index (χ2v) is 35.4. The molecule has 0 amide bonds. The predicted molar refractivity (Wildman–Crippen MR) is 406 cm³/mol. The van der Waals surface area contributed by atoms with Gasteiger partial charge in [0, 0.05) is 26.1 Å². The molecular weight excluding hydrogens is 1670 g/mol. The number of hydrogen-bond donors (Lipinski definition) is 7. The fourth-order valence-corrected chi connectivity index (χ4v) is 15.8. The summed E-state index contributed by atoms with van der Waals surface area (Å²) < 4.78 is 128. The molecule has 0 spiro atoms. The van der Waals surface area contributed by atoms with E-state index in [1.165, 1.54) is 214 Å². The molecule has 0 aromatic carbocycles. The van der Waals surface area contributed by atoms with Crippen molar-refractivity contribution in [2.24, 2.45) is 35.5 Å². The first kappa shape index (κ1) is 115. The molecule has 7 N–H and O–H groups in total. The van der Waals surface area contributed by atoms with E-state index in [1.54, 1.807) is 72.7 Å². The second-order valence-electron chi connectivity index (χ2n) is 25.5. The van der Waals surface area contributed by atoms with E-state index < -0.39 is 53.9 Å². The Balaban J connectivity index is -0.000000201. The Morgan fingerprint density at radius 2 is 0.745 bits per heavy atom. The van der Waals surface area contributed by atoms with Gasteiger partial charge in [-0.25, -0.2) is 0 Å². The fraction of sp³-hybridized carbons (Fsp3) is 0.908. The van der Waals surface area contributed by atoms with Gasteiger partial charge in [-0.2, -0.15) is 55.8 Å². The Morgan fingerprint density at radius 1 is 0.480 bits per heavy atom. The maximum atomic E-state index is 11.5. The third-order valence-corrected chi connectivity index (χ3v) is 24.5. The van der Waals surface area contributed by atoms with Crippen LogP contribution < -0.4 is 18.9 Å². The molecule has 6 rings (SSSR count). The monoisotopic (exact) mass is 1790 g/mol. The molecule has 0 aliphatic heterocycles. The van der Waals surface area contributed by atoms with Gasteiger partial charge in [0.1, 0.15) is 9.49 Å². The molecule has 0 aromatic heterocycles. The molecule has 6 aliphatic rings. The number of rotatable bonds is 22. The normalized spacial score (nSPS) is 17.4. The number of halogens is 7. The summed E-state index contributed by atoms with van der Waals surface area (Å²) in [5.74, 6) is 8.26. The van der Waals surface area contributed by atoms with Crippen molar-refractivity contribution in [2.75, 3.05) is 78.9 Å². The predicted octanol–water partition coefficient (Wildman–Crippen LogP) is 14.4. The fourth-order valence-electron chi connectivity index (χ4n) is 10.4. The average molecular weight is 1790 g/mol. The number of thiol groups is 1. The van der Waals surface area contributed by atoms with Crippen molar-refractivity contribution in [1.29, 1.82) is 0 Å². The van der Waals surface area contributed by atoms with Crippen LogP contribution in [0.15, 0.2) is 0 Å². The number of hydrogen-bond acceptors (Lipinski definition) is 21. The van der Waals surface area contributed by atoms with Gasteiger partial charge in [0.15, 0.2) is 0 Å². The summed E-state index contributed by atoms with van der Waals surface area (Å²) in [7, 11) is -7.31. The molecule has 0 radical (unpaired) electrons. The van der Waals surface area contributed by atoms with E-state index >= 15 is 0 Å². The summed E-state index contributed by atoms with van der Waals surface area (Å²) in [5.41, 5.74) is -11.1. The molecule has 6 aliphatic carbocycles. The number of carboxylic acid groups (broad SMARTS) is 3. The number of aliphatic hydroxyl groups excluding tert-OH is 1. The van der Waals surface area contributed by atoms with Gasteiger partial charge >= 0.3 is 85.9 Å². The molecule has 6 fully saturated rings. The van der Waals surface area contributed by atoms with Crippen molar-refractivity contribution in [3.05, 3.63) is 0 Å². The number of esters is 3. The van der Waals surface area contributed by atoms with E-state index in [-0.39, 0.29) is 83.2 Å². The number of alkyl halides is 7. The Bertz CT molecular complexity index is 2290. The first-order valence-electron chi connectivity index (χ1n) is 33.8. The van der Waals surface area contributed by atoms with Crippen LogP contribution in [0.4, 0.5) is 26.3 Å². The van der Waals surface area contributed by atoms with E-state index in [9.17, 15) is 55.1 Å². The van der Waals surface area contributed by atoms with Gasteiger partial charge in [-0.3, -0.25) is 37.9 Å². The molecule has 1 unspecified atom stereocenters. The summed E-state index contributed by atoms with van der Waals surface area (Å²) in [4.78, 5) is 65.8. The minimum atomic E-state index is -5.84. The molecule has 102 heavy (non-hydrogen) atoms. The number of carbonyl (C=O) groups is 6. The van der Waals surface area contributed by atoms with E-state index in [4.69, 9.17) is 55.8 Å². The maximum Gasteiger partial charge on any atom is 1.00 e. The van der Waals surface area contributed by atoms with Gasteiger partial charge in [-0.05, 0) is 181 Å². The Labute approximate surface area is 671 Å². The van der Waals surface area contributed by atoms with Gasteiger partial charge in [-0.1, -0.05) is 138 Å². The molecule has 20 nitrogen and oxygen atoms in total. The summed E-state index contributed by atoms with van der Waals surface area (Å²) in [6.45, 7) is 9.84. The first-order chi connectivity index (χ1) is 46.1. The number of ether oxygens (including phenoxy) is 3. The Morgan fingerprint density at radius 3 is 0.971 bits per heavy atom. The summed E-state index contributed by atoms with van der Waals surface area (Å²) in [6, 6.07) is 0. The standard InChI is InChI=1S/C12H22O2S.2C11H20O2S.C10H18O2S.C9H16O2S.C7H14O.C2H4O2S.2CHF3O3S.CH3I.Li.H2O.Zn/c1-12(2,11(13)14-3)15-9-10-7-5-4-6-8-10;1-11(2,10(12)13)14-8-9-6-4-3-5-7-9;1-9(11(12)13-2)14-8-10-6-4-3-5-7-10;1-12-10(11)8-13-7-9-5-3-2-4-6-9;10-9(11)7-12-6-8-4-2-1-3-5-8;8-6-7-4-2-1-3-5-7;3-2(4)1-5;2*2-1(3,4)8(5,6)7;1-2;;;/h10H,4-9H2,1-3H3;9H,3-8H2,1-2H3,(H,12,13);9-10H,3-8H2,1-2H3;9H,2-8H2,1H3;8H,1-7H2,(H,10,11);7-8H,1-6H2;5H,1H2,(H,3,4);2*(H,5,6,7);1H3;;1H2;/q;;;;;;;;;;+1;;/p-1. The SMILES string of the molecule is CC(C)(SCC1CCCCC1)C(=O)O.CI.COC(=O)C(C)(C)SCC1CCCCC1.COC(=O)C(C)SCC1CCCCC1.COC(=O)CSCC1CCCCC1.O=C(O)CS.O=C(O)CSCC1CCCCC1.O=S(=O)(O)C(F)(F)F.O=S(=O)(O)C(F)(F)F.OCC1CCCCC1.[Li+].[OH-].[Zn]. The third kappa shape index (κ3) is 67.1. The number of thioether (sulfide) groups is 5. The van der Waals surface area contributed by atoms with Crippen LogP contribution in [0.2, 0.25) is 0 Å². The minimum Gasteiger partial charge on any atom is -0.870 e. The number of aliphatic carboxylic acids is 3. The van der Waals surface area contributed by atoms with Crippen LogP contribution in [-0.4, -0.2) is 192 Å². The molecule has 1 atom stereocenters. The molecule has 37 heteroatoms. The number of carboxylic acids is 3. The number of aliphatic hydroxyl groups is 1. The van der Waals surface area contributed by atoms with E-state index in [0.717, 1.165) is 58.4 Å². The minimum absolute atomic E-state index is 0. The summed E-state index contributed by atoms with van der Waals surface area (Å²) in [5, 5.41) is 33.7. The zero-order chi connectivity index (χ0) is 76.7. The quantitative estimate of drug-likeness (QED) is 0.00609.